The lowest BCUT2D eigenvalue weighted by Crippen LogP contribution is -2.18. The van der Waals surface area contributed by atoms with Gasteiger partial charge in [-0.1, -0.05) is 31.2 Å². The largest absolute Gasteiger partial charge is 0.322 e. The highest BCUT2D eigenvalue weighted by atomic mass is 32.2. The Labute approximate surface area is 193 Å². The molecule has 0 radical (unpaired) electrons. The summed E-state index contributed by atoms with van der Waals surface area (Å²) in [5, 5.41) is 2.89. The minimum absolute atomic E-state index is 0.0398. The predicted octanol–water partition coefficient (Wildman–Crippen LogP) is 5.05. The van der Waals surface area contributed by atoms with Crippen LogP contribution >= 0.6 is 0 Å². The topological polar surface area (TPSA) is 93.1 Å². The van der Waals surface area contributed by atoms with Crippen LogP contribution in [0.25, 0.3) is 16.7 Å². The quantitative estimate of drug-likeness (QED) is 0.402. The van der Waals surface area contributed by atoms with Crippen LogP contribution < -0.4 is 10.0 Å². The van der Waals surface area contributed by atoms with Gasteiger partial charge in [-0.25, -0.2) is 13.4 Å². The van der Waals surface area contributed by atoms with Crippen LogP contribution in [0.5, 0.6) is 0 Å². The molecule has 1 heterocycles. The number of nitrogens with zero attached hydrogens (tertiary/aromatic N) is 2. The minimum Gasteiger partial charge on any atom is -0.322 e. The maximum atomic E-state index is 13.0. The number of fused-ring (bicyclic) bond motifs is 1. The number of hydrogen-bond acceptors (Lipinski definition) is 4. The Morgan fingerprint density at radius 3 is 2.42 bits per heavy atom. The summed E-state index contributed by atoms with van der Waals surface area (Å²) in [6, 6.07) is 20.5. The summed E-state index contributed by atoms with van der Waals surface area (Å²) in [5.41, 5.74) is 4.76. The Hall–Kier alpha value is -3.65. The molecule has 170 valence electrons. The predicted molar refractivity (Wildman–Crippen MR) is 133 cm³/mol. The van der Waals surface area contributed by atoms with Crippen molar-refractivity contribution < 1.29 is 13.2 Å². The number of para-hydroxylation sites is 1. The van der Waals surface area contributed by atoms with E-state index >= 15 is 0 Å². The van der Waals surface area contributed by atoms with Gasteiger partial charge in [0, 0.05) is 16.9 Å². The molecule has 33 heavy (non-hydrogen) atoms. The molecule has 1 aromatic heterocycles. The van der Waals surface area contributed by atoms with Crippen molar-refractivity contribution in [1.29, 1.82) is 0 Å². The molecule has 4 aromatic rings. The SMILES string of the molecule is CCCS(=O)(=O)Nc1cccc(NC(=O)c2ccc3c(c2)nc(C)n3-c2ccccc2)c1C. The van der Waals surface area contributed by atoms with Gasteiger partial charge in [0.25, 0.3) is 5.91 Å². The smallest absolute Gasteiger partial charge is 0.255 e. The summed E-state index contributed by atoms with van der Waals surface area (Å²) in [6.07, 6.45) is 0.521. The van der Waals surface area contributed by atoms with E-state index in [9.17, 15) is 13.2 Å². The van der Waals surface area contributed by atoms with Crippen molar-refractivity contribution in [2.45, 2.75) is 27.2 Å². The van der Waals surface area contributed by atoms with Crippen molar-refractivity contribution in [1.82, 2.24) is 9.55 Å². The van der Waals surface area contributed by atoms with E-state index < -0.39 is 10.0 Å². The number of anilines is 2. The summed E-state index contributed by atoms with van der Waals surface area (Å²) in [5.74, 6) is 0.579. The van der Waals surface area contributed by atoms with E-state index in [-0.39, 0.29) is 11.7 Å². The van der Waals surface area contributed by atoms with Gasteiger partial charge in [0.15, 0.2) is 0 Å². The third-order valence-electron chi connectivity index (χ3n) is 5.42. The number of sulfonamides is 1. The first-order chi connectivity index (χ1) is 15.8. The van der Waals surface area contributed by atoms with Gasteiger partial charge in [0.05, 0.1) is 22.5 Å². The van der Waals surface area contributed by atoms with Crippen LogP contribution in [0, 0.1) is 13.8 Å². The summed E-state index contributed by atoms with van der Waals surface area (Å²) < 4.78 is 29.0. The molecule has 0 aliphatic carbocycles. The Kier molecular flexibility index (Phi) is 6.20. The van der Waals surface area contributed by atoms with E-state index in [0.717, 1.165) is 22.5 Å². The van der Waals surface area contributed by atoms with E-state index in [0.29, 0.717) is 28.9 Å². The number of rotatable bonds is 7. The van der Waals surface area contributed by atoms with Gasteiger partial charge < -0.3 is 5.32 Å². The van der Waals surface area contributed by atoms with Crippen LogP contribution in [0.4, 0.5) is 11.4 Å². The molecule has 1 amide bonds. The molecule has 2 N–H and O–H groups in total. The van der Waals surface area contributed by atoms with Crippen LogP contribution in [-0.2, 0) is 10.0 Å². The number of amides is 1. The second kappa shape index (κ2) is 9.07. The molecule has 7 nitrogen and oxygen atoms in total. The van der Waals surface area contributed by atoms with Gasteiger partial charge >= 0.3 is 0 Å². The van der Waals surface area contributed by atoms with Gasteiger partial charge in [-0.2, -0.15) is 0 Å². The fraction of sp³-hybridized carbons (Fsp3) is 0.200. The van der Waals surface area contributed by atoms with Crippen molar-refractivity contribution in [3.05, 3.63) is 83.7 Å². The van der Waals surface area contributed by atoms with Crippen molar-refractivity contribution in [3.63, 3.8) is 0 Å². The van der Waals surface area contributed by atoms with Crippen LogP contribution in [0.3, 0.4) is 0 Å². The molecule has 0 atom stereocenters. The molecule has 0 saturated carbocycles. The van der Waals surface area contributed by atoms with E-state index in [2.05, 4.69) is 15.0 Å². The van der Waals surface area contributed by atoms with Gasteiger partial charge in [-0.3, -0.25) is 14.1 Å². The molecule has 4 rings (SSSR count). The van der Waals surface area contributed by atoms with Gasteiger partial charge in [-0.05, 0) is 68.3 Å². The van der Waals surface area contributed by atoms with Gasteiger partial charge in [-0.15, -0.1) is 0 Å². The van der Waals surface area contributed by atoms with Crippen molar-refractivity contribution in [3.8, 4) is 5.69 Å². The first-order valence-electron chi connectivity index (χ1n) is 10.7. The fourth-order valence-electron chi connectivity index (χ4n) is 3.81. The summed E-state index contributed by atoms with van der Waals surface area (Å²) in [6.45, 7) is 5.51. The Balaban J connectivity index is 1.61. The third-order valence-corrected chi connectivity index (χ3v) is 6.90. The molecule has 0 unspecified atom stereocenters. The molecule has 0 aliphatic heterocycles. The highest BCUT2D eigenvalue weighted by molar-refractivity contribution is 7.92. The molecule has 0 aliphatic rings. The summed E-state index contributed by atoms with van der Waals surface area (Å²) in [4.78, 5) is 17.6. The lowest BCUT2D eigenvalue weighted by molar-refractivity contribution is 0.102. The zero-order chi connectivity index (χ0) is 23.6. The molecule has 0 fully saturated rings. The van der Waals surface area contributed by atoms with E-state index in [4.69, 9.17) is 0 Å². The molecule has 0 spiro atoms. The van der Waals surface area contributed by atoms with E-state index in [1.165, 1.54) is 0 Å². The number of carbonyl (C=O) groups excluding carboxylic acids is 1. The normalized spacial score (nSPS) is 11.5. The van der Waals surface area contributed by atoms with E-state index in [1.807, 2.05) is 54.8 Å². The van der Waals surface area contributed by atoms with Crippen LogP contribution in [0.1, 0.15) is 35.1 Å². The average molecular weight is 463 g/mol. The molecule has 3 aromatic carbocycles. The number of benzene rings is 3. The molecular formula is C25H26N4O3S. The monoisotopic (exact) mass is 462 g/mol. The fourth-order valence-corrected chi connectivity index (χ4v) is 5.00. The second-order valence-electron chi connectivity index (χ2n) is 7.89. The Morgan fingerprint density at radius 1 is 0.970 bits per heavy atom. The number of aryl methyl sites for hydroxylation is 1. The first-order valence-corrected chi connectivity index (χ1v) is 12.4. The highest BCUT2D eigenvalue weighted by Gasteiger charge is 2.16. The van der Waals surface area contributed by atoms with Crippen LogP contribution in [0.15, 0.2) is 66.7 Å². The lowest BCUT2D eigenvalue weighted by atomic mass is 10.1. The standard InChI is InChI=1S/C25H26N4O3S/c1-4-15-33(31,32)28-22-12-8-11-21(17(22)2)27-25(30)19-13-14-24-23(16-19)26-18(3)29(24)20-9-6-5-7-10-20/h5-14,16,28H,4,15H2,1-3H3,(H,27,30). The molecule has 8 heteroatoms. The zero-order valence-electron chi connectivity index (χ0n) is 18.8. The van der Waals surface area contributed by atoms with Crippen LogP contribution in [0.2, 0.25) is 0 Å². The Bertz CT molecular complexity index is 1430. The number of hydrogen-bond donors (Lipinski definition) is 2. The number of aromatic nitrogens is 2. The number of carbonyl (C=O) groups is 1. The number of nitrogens with one attached hydrogen (secondary N) is 2. The maximum Gasteiger partial charge on any atom is 0.255 e. The second-order valence-corrected chi connectivity index (χ2v) is 9.73. The maximum absolute atomic E-state index is 13.0. The van der Waals surface area contributed by atoms with Crippen molar-refractivity contribution in [2.75, 3.05) is 15.8 Å². The zero-order valence-corrected chi connectivity index (χ0v) is 19.6. The van der Waals surface area contributed by atoms with Gasteiger partial charge in [0.1, 0.15) is 5.82 Å². The van der Waals surface area contributed by atoms with Crippen molar-refractivity contribution in [2.24, 2.45) is 0 Å². The highest BCUT2D eigenvalue weighted by Crippen LogP contribution is 2.26. The third kappa shape index (κ3) is 4.75. The van der Waals surface area contributed by atoms with Crippen LogP contribution in [-0.4, -0.2) is 29.6 Å². The Morgan fingerprint density at radius 2 is 1.70 bits per heavy atom. The summed E-state index contributed by atoms with van der Waals surface area (Å²) >= 11 is 0. The lowest BCUT2D eigenvalue weighted by Gasteiger charge is -2.14. The van der Waals surface area contributed by atoms with Gasteiger partial charge in [0.2, 0.25) is 10.0 Å². The average Bonchev–Trinajstić information content (AvgIpc) is 3.11. The molecular weight excluding hydrogens is 436 g/mol. The first kappa shape index (κ1) is 22.5. The molecule has 0 bridgehead atoms. The number of imidazole rings is 1. The summed E-state index contributed by atoms with van der Waals surface area (Å²) in [7, 11) is -3.43. The minimum atomic E-state index is -3.43. The van der Waals surface area contributed by atoms with Crippen molar-refractivity contribution >= 4 is 38.3 Å². The molecule has 0 saturated heterocycles. The van der Waals surface area contributed by atoms with E-state index in [1.54, 1.807) is 37.3 Å².